The molecule has 1 N–H and O–H groups in total. The van der Waals surface area contributed by atoms with Crippen LogP contribution < -0.4 is 5.32 Å². The number of nitrogens with zero attached hydrogens (tertiary/aromatic N) is 1. The third-order valence-corrected chi connectivity index (χ3v) is 4.87. The summed E-state index contributed by atoms with van der Waals surface area (Å²) in [7, 11) is 0. The lowest BCUT2D eigenvalue weighted by Gasteiger charge is -2.28. The average Bonchev–Trinajstić information content (AvgIpc) is 2.82. The Labute approximate surface area is 119 Å². The van der Waals surface area contributed by atoms with Gasteiger partial charge in [-0.3, -0.25) is 0 Å². The molecular formula is C16H32N2O. The van der Waals surface area contributed by atoms with Crippen molar-refractivity contribution in [2.45, 2.75) is 64.5 Å². The average molecular weight is 268 g/mol. The molecule has 3 nitrogen and oxygen atoms in total. The van der Waals surface area contributed by atoms with Gasteiger partial charge in [0.15, 0.2) is 0 Å². The SMILES string of the molecule is CCC(C)C1CN(CCCC2CCCO2)CCCN1. The third kappa shape index (κ3) is 5.05. The first kappa shape index (κ1) is 15.3. The van der Waals surface area contributed by atoms with Crippen LogP contribution in [0.3, 0.4) is 0 Å². The number of rotatable bonds is 6. The zero-order valence-corrected chi connectivity index (χ0v) is 12.9. The summed E-state index contributed by atoms with van der Waals surface area (Å²) in [4.78, 5) is 2.67. The van der Waals surface area contributed by atoms with Gasteiger partial charge in [0, 0.05) is 19.2 Å². The van der Waals surface area contributed by atoms with Gasteiger partial charge in [-0.2, -0.15) is 0 Å². The zero-order valence-electron chi connectivity index (χ0n) is 12.9. The Morgan fingerprint density at radius 3 is 3.00 bits per heavy atom. The minimum atomic E-state index is 0.565. The van der Waals surface area contributed by atoms with E-state index in [1.807, 2.05) is 0 Å². The van der Waals surface area contributed by atoms with E-state index in [9.17, 15) is 0 Å². The van der Waals surface area contributed by atoms with Crippen LogP contribution in [0.1, 0.15) is 52.4 Å². The first-order valence-electron chi connectivity index (χ1n) is 8.37. The van der Waals surface area contributed by atoms with E-state index in [-0.39, 0.29) is 0 Å². The Kier molecular flexibility index (Phi) is 6.62. The summed E-state index contributed by atoms with van der Waals surface area (Å²) >= 11 is 0. The normalized spacial score (nSPS) is 31.3. The lowest BCUT2D eigenvalue weighted by atomic mass is 9.99. The van der Waals surface area contributed by atoms with Gasteiger partial charge in [-0.25, -0.2) is 0 Å². The van der Waals surface area contributed by atoms with Gasteiger partial charge in [-0.15, -0.1) is 0 Å². The van der Waals surface area contributed by atoms with Crippen molar-refractivity contribution in [2.24, 2.45) is 5.92 Å². The van der Waals surface area contributed by atoms with Crippen LogP contribution in [0.5, 0.6) is 0 Å². The minimum absolute atomic E-state index is 0.565. The molecule has 2 aliphatic rings. The van der Waals surface area contributed by atoms with Crippen molar-refractivity contribution in [3.63, 3.8) is 0 Å². The molecule has 0 bridgehead atoms. The highest BCUT2D eigenvalue weighted by Crippen LogP contribution is 2.18. The molecule has 2 saturated heterocycles. The van der Waals surface area contributed by atoms with E-state index >= 15 is 0 Å². The van der Waals surface area contributed by atoms with Crippen molar-refractivity contribution in [1.82, 2.24) is 10.2 Å². The van der Waals surface area contributed by atoms with Gasteiger partial charge < -0.3 is 15.0 Å². The Bertz CT molecular complexity index is 241. The Hall–Kier alpha value is -0.120. The van der Waals surface area contributed by atoms with E-state index in [0.717, 1.165) is 12.5 Å². The van der Waals surface area contributed by atoms with Crippen LogP contribution in [0.15, 0.2) is 0 Å². The van der Waals surface area contributed by atoms with Gasteiger partial charge in [-0.1, -0.05) is 20.3 Å². The van der Waals surface area contributed by atoms with Gasteiger partial charge in [0.25, 0.3) is 0 Å². The predicted octanol–water partition coefficient (Wildman–Crippen LogP) is 2.66. The second-order valence-electron chi connectivity index (χ2n) is 6.38. The molecule has 3 unspecified atom stereocenters. The van der Waals surface area contributed by atoms with Crippen LogP contribution in [0, 0.1) is 5.92 Å². The van der Waals surface area contributed by atoms with Gasteiger partial charge in [0.1, 0.15) is 0 Å². The van der Waals surface area contributed by atoms with E-state index in [4.69, 9.17) is 4.74 Å². The highest BCUT2D eigenvalue weighted by molar-refractivity contribution is 4.80. The molecule has 0 aromatic heterocycles. The van der Waals surface area contributed by atoms with Crippen LogP contribution in [0.4, 0.5) is 0 Å². The molecule has 2 aliphatic heterocycles. The largest absolute Gasteiger partial charge is 0.378 e. The fourth-order valence-electron chi connectivity index (χ4n) is 3.31. The van der Waals surface area contributed by atoms with Gasteiger partial charge in [0.2, 0.25) is 0 Å². The monoisotopic (exact) mass is 268 g/mol. The van der Waals surface area contributed by atoms with Crippen LogP contribution in [-0.4, -0.2) is 49.8 Å². The lowest BCUT2D eigenvalue weighted by molar-refractivity contribution is 0.0982. The number of ether oxygens (including phenoxy) is 1. The van der Waals surface area contributed by atoms with E-state index < -0.39 is 0 Å². The van der Waals surface area contributed by atoms with Crippen molar-refractivity contribution < 1.29 is 4.74 Å². The molecule has 0 aromatic rings. The molecule has 2 rings (SSSR count). The van der Waals surface area contributed by atoms with E-state index in [0.29, 0.717) is 12.1 Å². The van der Waals surface area contributed by atoms with Crippen molar-refractivity contribution >= 4 is 0 Å². The van der Waals surface area contributed by atoms with E-state index in [1.165, 1.54) is 64.7 Å². The summed E-state index contributed by atoms with van der Waals surface area (Å²) in [5, 5.41) is 3.73. The molecule has 112 valence electrons. The number of hydrogen-bond acceptors (Lipinski definition) is 3. The summed E-state index contributed by atoms with van der Waals surface area (Å²) in [6.45, 7) is 10.6. The Balaban J connectivity index is 1.68. The highest BCUT2D eigenvalue weighted by atomic mass is 16.5. The molecule has 2 heterocycles. The summed E-state index contributed by atoms with van der Waals surface area (Å²) in [5.41, 5.74) is 0. The molecule has 0 saturated carbocycles. The van der Waals surface area contributed by atoms with Gasteiger partial charge >= 0.3 is 0 Å². The summed E-state index contributed by atoms with van der Waals surface area (Å²) in [5.74, 6) is 0.791. The summed E-state index contributed by atoms with van der Waals surface area (Å²) in [6.07, 6.45) is 8.27. The fourth-order valence-corrected chi connectivity index (χ4v) is 3.31. The van der Waals surface area contributed by atoms with Crippen molar-refractivity contribution in [3.8, 4) is 0 Å². The first-order chi connectivity index (χ1) is 9.29. The molecule has 3 heteroatoms. The first-order valence-corrected chi connectivity index (χ1v) is 8.37. The maximum Gasteiger partial charge on any atom is 0.0576 e. The highest BCUT2D eigenvalue weighted by Gasteiger charge is 2.22. The van der Waals surface area contributed by atoms with Crippen LogP contribution in [-0.2, 0) is 4.74 Å². The van der Waals surface area contributed by atoms with Gasteiger partial charge in [0.05, 0.1) is 6.10 Å². The second-order valence-corrected chi connectivity index (χ2v) is 6.38. The molecule has 0 aliphatic carbocycles. The third-order valence-electron chi connectivity index (χ3n) is 4.87. The minimum Gasteiger partial charge on any atom is -0.378 e. The zero-order chi connectivity index (χ0) is 13.5. The van der Waals surface area contributed by atoms with E-state index in [2.05, 4.69) is 24.1 Å². The molecular weight excluding hydrogens is 236 g/mol. The number of nitrogens with one attached hydrogen (secondary N) is 1. The van der Waals surface area contributed by atoms with Crippen LogP contribution >= 0.6 is 0 Å². The Morgan fingerprint density at radius 2 is 2.26 bits per heavy atom. The molecule has 3 atom stereocenters. The topological polar surface area (TPSA) is 24.5 Å². The summed E-state index contributed by atoms with van der Waals surface area (Å²) in [6, 6.07) is 0.690. The fraction of sp³-hybridized carbons (Fsp3) is 1.00. The molecule has 0 aromatic carbocycles. The second kappa shape index (κ2) is 8.23. The maximum atomic E-state index is 5.71. The predicted molar refractivity (Wildman–Crippen MR) is 80.5 cm³/mol. The lowest BCUT2D eigenvalue weighted by Crippen LogP contribution is -2.42. The van der Waals surface area contributed by atoms with Crippen molar-refractivity contribution in [1.29, 1.82) is 0 Å². The molecule has 19 heavy (non-hydrogen) atoms. The number of hydrogen-bond donors (Lipinski definition) is 1. The maximum absolute atomic E-state index is 5.71. The van der Waals surface area contributed by atoms with Crippen molar-refractivity contribution in [3.05, 3.63) is 0 Å². The molecule has 0 amide bonds. The molecule has 2 fully saturated rings. The Morgan fingerprint density at radius 1 is 1.37 bits per heavy atom. The molecule has 0 radical (unpaired) electrons. The van der Waals surface area contributed by atoms with Crippen molar-refractivity contribution in [2.75, 3.05) is 32.8 Å². The van der Waals surface area contributed by atoms with Crippen LogP contribution in [0.2, 0.25) is 0 Å². The van der Waals surface area contributed by atoms with Crippen LogP contribution in [0.25, 0.3) is 0 Å². The quantitative estimate of drug-likeness (QED) is 0.801. The smallest absolute Gasteiger partial charge is 0.0576 e. The summed E-state index contributed by atoms with van der Waals surface area (Å²) < 4.78 is 5.71. The van der Waals surface area contributed by atoms with E-state index in [1.54, 1.807) is 0 Å². The molecule has 0 spiro atoms. The standard InChI is InChI=1S/C16H32N2O/c1-3-14(2)16-13-18(11-6-9-17-16)10-4-7-15-8-5-12-19-15/h14-17H,3-13H2,1-2H3. The van der Waals surface area contributed by atoms with Gasteiger partial charge in [-0.05, 0) is 57.7 Å².